The first-order chi connectivity index (χ1) is 13.6. The van der Waals surface area contributed by atoms with Crippen molar-refractivity contribution in [3.63, 3.8) is 0 Å². The fourth-order valence-electron chi connectivity index (χ4n) is 3.48. The van der Waals surface area contributed by atoms with Gasteiger partial charge in [0.15, 0.2) is 11.7 Å². The average molecular weight is 418 g/mol. The molecule has 1 aromatic carbocycles. The Morgan fingerprint density at radius 1 is 1.32 bits per heavy atom. The van der Waals surface area contributed by atoms with Crippen molar-refractivity contribution in [2.45, 2.75) is 38.3 Å². The van der Waals surface area contributed by atoms with E-state index in [0.29, 0.717) is 21.8 Å². The van der Waals surface area contributed by atoms with Gasteiger partial charge in [0.1, 0.15) is 18.8 Å². The Labute approximate surface area is 174 Å². The molecule has 0 amide bonds. The van der Waals surface area contributed by atoms with E-state index in [2.05, 4.69) is 28.9 Å². The van der Waals surface area contributed by atoms with E-state index in [4.69, 9.17) is 37.7 Å². The Hall–Kier alpha value is -2.37. The highest BCUT2D eigenvalue weighted by Gasteiger charge is 2.26. The third kappa shape index (κ3) is 4.05. The third-order valence-corrected chi connectivity index (χ3v) is 5.69. The van der Waals surface area contributed by atoms with Gasteiger partial charge in [-0.2, -0.15) is 0 Å². The van der Waals surface area contributed by atoms with Gasteiger partial charge in [-0.1, -0.05) is 47.0 Å². The summed E-state index contributed by atoms with van der Waals surface area (Å²) in [6.07, 6.45) is 14.0. The smallest absolute Gasteiger partial charge is 0.197 e. The lowest BCUT2D eigenvalue weighted by Crippen LogP contribution is -2.42. The predicted molar refractivity (Wildman–Crippen MR) is 113 cm³/mol. The largest absolute Gasteiger partial charge is 0.466 e. The molecule has 0 bridgehead atoms. The van der Waals surface area contributed by atoms with Crippen LogP contribution in [0, 0.1) is 0 Å². The molecule has 2 N–H and O–H groups in total. The molecule has 1 aliphatic carbocycles. The minimum atomic E-state index is -0.125. The molecule has 0 aromatic heterocycles. The number of allylic oxidation sites excluding steroid dienone is 3. The molecule has 2 unspecified atom stereocenters. The molecule has 2 atom stereocenters. The molecule has 0 radical (unpaired) electrons. The fraction of sp³-hybridized carbons (Fsp3) is 0.286. The summed E-state index contributed by atoms with van der Waals surface area (Å²) >= 11 is 12.5. The number of nitrogens with one attached hydrogen (secondary N) is 2. The van der Waals surface area contributed by atoms with Crippen molar-refractivity contribution in [2.75, 3.05) is 5.32 Å². The zero-order valence-corrected chi connectivity index (χ0v) is 16.9. The van der Waals surface area contributed by atoms with Crippen molar-refractivity contribution in [3.05, 3.63) is 76.1 Å². The first-order valence-electron chi connectivity index (χ1n) is 9.23. The second-order valence-corrected chi connectivity index (χ2v) is 7.63. The van der Waals surface area contributed by atoms with E-state index < -0.39 is 0 Å². The van der Waals surface area contributed by atoms with Gasteiger partial charge in [0, 0.05) is 11.3 Å². The van der Waals surface area contributed by atoms with Gasteiger partial charge in [0.05, 0.1) is 22.1 Å². The molecule has 4 rings (SSSR count). The van der Waals surface area contributed by atoms with Crippen molar-refractivity contribution < 1.29 is 9.47 Å². The van der Waals surface area contributed by atoms with Crippen LogP contribution in [0.3, 0.4) is 0 Å². The zero-order chi connectivity index (χ0) is 19.5. The molecule has 2 aliphatic heterocycles. The van der Waals surface area contributed by atoms with Gasteiger partial charge < -0.3 is 20.1 Å². The van der Waals surface area contributed by atoms with E-state index in [9.17, 15) is 0 Å². The predicted octanol–water partition coefficient (Wildman–Crippen LogP) is 5.82. The lowest BCUT2D eigenvalue weighted by molar-refractivity contribution is 0.231. The topological polar surface area (TPSA) is 54.9 Å². The summed E-state index contributed by atoms with van der Waals surface area (Å²) in [6, 6.07) is 3.46. The van der Waals surface area contributed by atoms with Crippen LogP contribution in [0.25, 0.3) is 0 Å². The van der Waals surface area contributed by atoms with E-state index in [-0.39, 0.29) is 12.1 Å². The summed E-state index contributed by atoms with van der Waals surface area (Å²) in [5.74, 6) is 1.37. The number of aliphatic imine (C=N–C) groups is 1. The summed E-state index contributed by atoms with van der Waals surface area (Å²) in [5.41, 5.74) is 3.14. The van der Waals surface area contributed by atoms with Gasteiger partial charge in [0.2, 0.25) is 0 Å². The number of hydrogen-bond donors (Lipinski definition) is 2. The lowest BCUT2D eigenvalue weighted by atomic mass is 9.97. The lowest BCUT2D eigenvalue weighted by Gasteiger charge is -2.29. The van der Waals surface area contributed by atoms with Crippen LogP contribution in [0.2, 0.25) is 10.0 Å². The summed E-state index contributed by atoms with van der Waals surface area (Å²) in [6.45, 7) is 2.00. The molecule has 1 aromatic rings. The van der Waals surface area contributed by atoms with Gasteiger partial charge in [-0.15, -0.1) is 0 Å². The standard InChI is InChI=1S/C21H21Cl2N3O2/c1-13-19-16(8-7-15(22)20(19)23)25-21(24-13)26-17(18-12-27-9-10-28-18)11-14-5-3-2-4-6-14/h2-3,5,7-10,12-13,17H,4,6,11H2,1H3,(H2,24,25,26). The van der Waals surface area contributed by atoms with Crippen LogP contribution in [0.5, 0.6) is 0 Å². The van der Waals surface area contributed by atoms with Crippen LogP contribution < -0.4 is 10.6 Å². The molecular weight excluding hydrogens is 397 g/mol. The van der Waals surface area contributed by atoms with E-state index in [1.165, 1.54) is 18.1 Å². The van der Waals surface area contributed by atoms with E-state index in [1.807, 2.05) is 13.0 Å². The summed E-state index contributed by atoms with van der Waals surface area (Å²) in [7, 11) is 0. The second-order valence-electron chi connectivity index (χ2n) is 6.84. The minimum Gasteiger partial charge on any atom is -0.466 e. The quantitative estimate of drug-likeness (QED) is 0.647. The molecule has 7 heteroatoms. The van der Waals surface area contributed by atoms with Crippen LogP contribution >= 0.6 is 23.2 Å². The average Bonchev–Trinajstić information content (AvgIpc) is 2.71. The number of anilines is 1. The second kappa shape index (κ2) is 8.33. The van der Waals surface area contributed by atoms with Crippen LogP contribution in [0.4, 0.5) is 5.69 Å². The molecule has 0 fully saturated rings. The van der Waals surface area contributed by atoms with Gasteiger partial charge in [-0.05, 0) is 38.3 Å². The normalized spacial score (nSPS) is 21.2. The van der Waals surface area contributed by atoms with Crippen molar-refractivity contribution in [1.82, 2.24) is 5.32 Å². The Morgan fingerprint density at radius 2 is 2.21 bits per heavy atom. The van der Waals surface area contributed by atoms with Gasteiger partial charge in [-0.3, -0.25) is 0 Å². The zero-order valence-electron chi connectivity index (χ0n) is 15.4. The monoisotopic (exact) mass is 417 g/mol. The highest BCUT2D eigenvalue weighted by molar-refractivity contribution is 6.43. The number of rotatable bonds is 4. The number of hydrogen-bond acceptors (Lipinski definition) is 5. The van der Waals surface area contributed by atoms with Crippen LogP contribution in [-0.4, -0.2) is 12.0 Å². The molecule has 0 spiro atoms. The minimum absolute atomic E-state index is 0.120. The maximum Gasteiger partial charge on any atom is 0.197 e. The third-order valence-electron chi connectivity index (χ3n) is 4.87. The SMILES string of the molecule is CC1N=C(NC(CC2=CC=CCC2)C2=COC=CO2)Nc2ccc(Cl)c(Cl)c21. The summed E-state index contributed by atoms with van der Waals surface area (Å²) < 4.78 is 11.0. The number of fused-ring (bicyclic) bond motifs is 1. The van der Waals surface area contributed by atoms with Crippen molar-refractivity contribution in [1.29, 1.82) is 0 Å². The number of benzene rings is 1. The van der Waals surface area contributed by atoms with E-state index in [1.54, 1.807) is 12.3 Å². The number of nitrogens with zero attached hydrogens (tertiary/aromatic N) is 1. The van der Waals surface area contributed by atoms with Gasteiger partial charge >= 0.3 is 0 Å². The van der Waals surface area contributed by atoms with Crippen molar-refractivity contribution >= 4 is 34.8 Å². The molecular formula is C21H21Cl2N3O2. The Kier molecular flexibility index (Phi) is 5.64. The molecule has 0 saturated carbocycles. The fourth-order valence-corrected chi connectivity index (χ4v) is 3.97. The van der Waals surface area contributed by atoms with Crippen molar-refractivity contribution in [2.24, 2.45) is 4.99 Å². The Morgan fingerprint density at radius 3 is 2.96 bits per heavy atom. The highest BCUT2D eigenvalue weighted by Crippen LogP contribution is 2.39. The maximum absolute atomic E-state index is 6.38. The highest BCUT2D eigenvalue weighted by atomic mass is 35.5. The van der Waals surface area contributed by atoms with Crippen LogP contribution in [-0.2, 0) is 9.47 Å². The summed E-state index contributed by atoms with van der Waals surface area (Å²) in [4.78, 5) is 4.73. The van der Waals surface area contributed by atoms with Crippen LogP contribution in [0.1, 0.15) is 37.8 Å². The molecule has 0 saturated heterocycles. The molecule has 2 heterocycles. The Balaban J connectivity index is 1.56. The van der Waals surface area contributed by atoms with Gasteiger partial charge in [0.25, 0.3) is 0 Å². The maximum atomic E-state index is 6.38. The van der Waals surface area contributed by atoms with Gasteiger partial charge in [-0.25, -0.2) is 4.99 Å². The first-order valence-corrected chi connectivity index (χ1v) is 9.98. The van der Waals surface area contributed by atoms with Crippen molar-refractivity contribution in [3.8, 4) is 0 Å². The van der Waals surface area contributed by atoms with E-state index >= 15 is 0 Å². The molecule has 3 aliphatic rings. The molecule has 146 valence electrons. The first kappa shape index (κ1) is 19.0. The molecule has 28 heavy (non-hydrogen) atoms. The van der Waals surface area contributed by atoms with Crippen LogP contribution in [0.15, 0.2) is 65.5 Å². The number of ether oxygens (including phenoxy) is 2. The van der Waals surface area contributed by atoms with E-state index in [0.717, 1.165) is 30.5 Å². The number of halogens is 2. The molecule has 5 nitrogen and oxygen atoms in total. The summed E-state index contributed by atoms with van der Waals surface area (Å²) in [5, 5.41) is 7.86. The number of guanidine groups is 1. The Bertz CT molecular complexity index is 918.